The first kappa shape index (κ1) is 21.6. The SMILES string of the molecule is Cc1ccc(Cn2nc(C)c(C(=O)N3CCN(Cc4ccc(Cl)cc4)CC3)c2C)cc1. The van der Waals surface area contributed by atoms with Crippen LogP contribution < -0.4 is 0 Å². The first-order valence-corrected chi connectivity index (χ1v) is 11.1. The van der Waals surface area contributed by atoms with Crippen molar-refractivity contribution in [3.8, 4) is 0 Å². The Kier molecular flexibility index (Phi) is 6.44. The zero-order chi connectivity index (χ0) is 22.0. The summed E-state index contributed by atoms with van der Waals surface area (Å²) in [5.74, 6) is 0.0938. The van der Waals surface area contributed by atoms with Crippen molar-refractivity contribution in [1.29, 1.82) is 0 Å². The van der Waals surface area contributed by atoms with Crippen LogP contribution in [-0.4, -0.2) is 51.7 Å². The minimum Gasteiger partial charge on any atom is -0.336 e. The van der Waals surface area contributed by atoms with Gasteiger partial charge in [0.1, 0.15) is 0 Å². The maximum atomic E-state index is 13.3. The zero-order valence-electron chi connectivity index (χ0n) is 18.4. The lowest BCUT2D eigenvalue weighted by Gasteiger charge is -2.34. The van der Waals surface area contributed by atoms with Crippen molar-refractivity contribution in [3.05, 3.63) is 87.2 Å². The van der Waals surface area contributed by atoms with Crippen molar-refractivity contribution in [1.82, 2.24) is 19.6 Å². The van der Waals surface area contributed by atoms with Gasteiger partial charge < -0.3 is 4.90 Å². The van der Waals surface area contributed by atoms with E-state index in [0.29, 0.717) is 6.54 Å². The highest BCUT2D eigenvalue weighted by Gasteiger charge is 2.27. The summed E-state index contributed by atoms with van der Waals surface area (Å²) >= 11 is 5.98. The Balaban J connectivity index is 1.40. The predicted molar refractivity (Wildman–Crippen MR) is 125 cm³/mol. The van der Waals surface area contributed by atoms with Gasteiger partial charge in [0.15, 0.2) is 0 Å². The monoisotopic (exact) mass is 436 g/mol. The standard InChI is InChI=1S/C25H29ClN4O/c1-18-4-6-22(7-5-18)17-30-20(3)24(19(2)27-30)25(31)29-14-12-28(13-15-29)16-21-8-10-23(26)11-9-21/h4-11H,12-17H2,1-3H3. The van der Waals surface area contributed by atoms with Crippen LogP contribution in [0.5, 0.6) is 0 Å². The van der Waals surface area contributed by atoms with Crippen LogP contribution in [0.25, 0.3) is 0 Å². The molecule has 0 radical (unpaired) electrons. The average Bonchev–Trinajstić information content (AvgIpc) is 3.04. The van der Waals surface area contributed by atoms with E-state index in [4.69, 9.17) is 11.6 Å². The number of hydrogen-bond acceptors (Lipinski definition) is 3. The van der Waals surface area contributed by atoms with E-state index in [1.807, 2.05) is 35.6 Å². The maximum absolute atomic E-state index is 13.3. The Morgan fingerprint density at radius 2 is 1.45 bits per heavy atom. The number of carbonyl (C=O) groups excluding carboxylic acids is 1. The van der Waals surface area contributed by atoms with E-state index < -0.39 is 0 Å². The second-order valence-electron chi connectivity index (χ2n) is 8.38. The van der Waals surface area contributed by atoms with E-state index in [2.05, 4.69) is 53.3 Å². The number of aryl methyl sites for hydroxylation is 2. The molecule has 3 aromatic rings. The summed E-state index contributed by atoms with van der Waals surface area (Å²) in [6, 6.07) is 16.4. The third kappa shape index (κ3) is 5.00. The highest BCUT2D eigenvalue weighted by atomic mass is 35.5. The molecule has 0 aliphatic carbocycles. The molecular formula is C25H29ClN4O. The summed E-state index contributed by atoms with van der Waals surface area (Å²) in [5.41, 5.74) is 6.16. The normalized spacial score (nSPS) is 14.8. The molecule has 31 heavy (non-hydrogen) atoms. The summed E-state index contributed by atoms with van der Waals surface area (Å²) < 4.78 is 1.95. The van der Waals surface area contributed by atoms with E-state index >= 15 is 0 Å². The maximum Gasteiger partial charge on any atom is 0.257 e. The number of rotatable bonds is 5. The highest BCUT2D eigenvalue weighted by Crippen LogP contribution is 2.19. The Morgan fingerprint density at radius 1 is 0.871 bits per heavy atom. The molecule has 0 saturated carbocycles. The fraction of sp³-hybridized carbons (Fsp3) is 0.360. The quantitative estimate of drug-likeness (QED) is 0.592. The topological polar surface area (TPSA) is 41.4 Å². The first-order valence-electron chi connectivity index (χ1n) is 10.8. The zero-order valence-corrected chi connectivity index (χ0v) is 19.2. The highest BCUT2D eigenvalue weighted by molar-refractivity contribution is 6.30. The summed E-state index contributed by atoms with van der Waals surface area (Å²) in [6.07, 6.45) is 0. The number of piperazine rings is 1. The smallest absolute Gasteiger partial charge is 0.257 e. The third-order valence-corrected chi connectivity index (χ3v) is 6.28. The molecule has 5 nitrogen and oxygen atoms in total. The van der Waals surface area contributed by atoms with Crippen LogP contribution in [0.3, 0.4) is 0 Å². The fourth-order valence-electron chi connectivity index (χ4n) is 4.14. The fourth-order valence-corrected chi connectivity index (χ4v) is 4.27. The van der Waals surface area contributed by atoms with Gasteiger partial charge in [0.05, 0.1) is 17.8 Å². The van der Waals surface area contributed by atoms with Gasteiger partial charge in [-0.25, -0.2) is 0 Å². The van der Waals surface area contributed by atoms with Gasteiger partial charge in [-0.05, 0) is 44.0 Å². The van der Waals surface area contributed by atoms with Gasteiger partial charge in [0.25, 0.3) is 5.91 Å². The van der Waals surface area contributed by atoms with E-state index in [1.165, 1.54) is 16.7 Å². The van der Waals surface area contributed by atoms with Gasteiger partial charge in [0.2, 0.25) is 0 Å². The van der Waals surface area contributed by atoms with Crippen LogP contribution in [0.1, 0.15) is 38.4 Å². The van der Waals surface area contributed by atoms with E-state index in [1.54, 1.807) is 0 Å². The van der Waals surface area contributed by atoms with Gasteiger partial charge in [-0.3, -0.25) is 14.4 Å². The molecule has 0 N–H and O–H groups in total. The minimum atomic E-state index is 0.0938. The molecule has 1 aliphatic heterocycles. The number of hydrogen-bond donors (Lipinski definition) is 0. The molecule has 1 amide bonds. The lowest BCUT2D eigenvalue weighted by Crippen LogP contribution is -2.48. The van der Waals surface area contributed by atoms with Crippen molar-refractivity contribution in [2.45, 2.75) is 33.9 Å². The van der Waals surface area contributed by atoms with Crippen molar-refractivity contribution < 1.29 is 4.79 Å². The number of aromatic nitrogens is 2. The molecule has 0 bridgehead atoms. The summed E-state index contributed by atoms with van der Waals surface area (Å²) in [4.78, 5) is 17.6. The largest absolute Gasteiger partial charge is 0.336 e. The number of carbonyl (C=O) groups is 1. The third-order valence-electron chi connectivity index (χ3n) is 6.03. The summed E-state index contributed by atoms with van der Waals surface area (Å²) in [6.45, 7) is 10.8. The molecule has 0 unspecified atom stereocenters. The Hall–Kier alpha value is -2.63. The molecule has 1 saturated heterocycles. The molecule has 1 aliphatic rings. The molecule has 6 heteroatoms. The van der Waals surface area contributed by atoms with Crippen molar-refractivity contribution >= 4 is 17.5 Å². The molecule has 0 spiro atoms. The van der Waals surface area contributed by atoms with Crippen molar-refractivity contribution in [3.63, 3.8) is 0 Å². The number of benzene rings is 2. The van der Waals surface area contributed by atoms with Gasteiger partial charge in [0, 0.05) is 43.4 Å². The van der Waals surface area contributed by atoms with Crippen LogP contribution in [0, 0.1) is 20.8 Å². The van der Waals surface area contributed by atoms with Gasteiger partial charge >= 0.3 is 0 Å². The average molecular weight is 437 g/mol. The number of amides is 1. The van der Waals surface area contributed by atoms with E-state index in [9.17, 15) is 4.79 Å². The van der Waals surface area contributed by atoms with Gasteiger partial charge in [-0.15, -0.1) is 0 Å². The molecule has 2 aromatic carbocycles. The summed E-state index contributed by atoms with van der Waals surface area (Å²) in [7, 11) is 0. The van der Waals surface area contributed by atoms with Crippen molar-refractivity contribution in [2.24, 2.45) is 0 Å². The molecule has 1 aromatic heterocycles. The Bertz CT molecular complexity index is 1050. The number of nitrogens with zero attached hydrogens (tertiary/aromatic N) is 4. The Labute approximate surface area is 189 Å². The lowest BCUT2D eigenvalue weighted by atomic mass is 10.1. The molecule has 1 fully saturated rings. The van der Waals surface area contributed by atoms with Crippen LogP contribution in [0.2, 0.25) is 5.02 Å². The molecule has 0 atom stereocenters. The van der Waals surface area contributed by atoms with E-state index in [0.717, 1.165) is 54.7 Å². The summed E-state index contributed by atoms with van der Waals surface area (Å²) in [5, 5.41) is 5.43. The van der Waals surface area contributed by atoms with Crippen molar-refractivity contribution in [2.75, 3.05) is 26.2 Å². The van der Waals surface area contributed by atoms with Gasteiger partial charge in [-0.1, -0.05) is 53.6 Å². The molecule has 2 heterocycles. The predicted octanol–water partition coefficient (Wildman–Crippen LogP) is 4.47. The second kappa shape index (κ2) is 9.25. The number of halogens is 1. The second-order valence-corrected chi connectivity index (χ2v) is 8.82. The van der Waals surface area contributed by atoms with Crippen LogP contribution in [0.4, 0.5) is 0 Å². The molecule has 4 rings (SSSR count). The van der Waals surface area contributed by atoms with Crippen LogP contribution in [-0.2, 0) is 13.1 Å². The van der Waals surface area contributed by atoms with Crippen LogP contribution >= 0.6 is 11.6 Å². The van der Waals surface area contributed by atoms with Gasteiger partial charge in [-0.2, -0.15) is 5.10 Å². The minimum absolute atomic E-state index is 0.0938. The van der Waals surface area contributed by atoms with Crippen LogP contribution in [0.15, 0.2) is 48.5 Å². The van der Waals surface area contributed by atoms with E-state index in [-0.39, 0.29) is 5.91 Å². The Morgan fingerprint density at radius 3 is 2.10 bits per heavy atom. The first-order chi connectivity index (χ1) is 14.9. The molecular weight excluding hydrogens is 408 g/mol. The lowest BCUT2D eigenvalue weighted by molar-refractivity contribution is 0.0627. The molecule has 162 valence electrons.